The van der Waals surface area contributed by atoms with Gasteiger partial charge < -0.3 is 4.74 Å². The molecule has 45 valence electrons. The van der Waals surface area contributed by atoms with Gasteiger partial charge in [-0.05, 0) is 22.1 Å². The minimum absolute atomic E-state index is 0.478. The van der Waals surface area contributed by atoms with Gasteiger partial charge in [0.25, 0.3) is 0 Å². The summed E-state index contributed by atoms with van der Waals surface area (Å²) in [5, 5.41) is 0. The van der Waals surface area contributed by atoms with Crippen LogP contribution in [0.15, 0.2) is 0 Å². The zero-order chi connectivity index (χ0) is 7.49. The second-order valence-corrected chi connectivity index (χ2v) is 2.53. The van der Waals surface area contributed by atoms with E-state index in [0.29, 0.717) is 7.81 Å². The Hall–Kier alpha value is -0.465. The third-order valence-electron chi connectivity index (χ3n) is 0.407. The fourth-order valence-electron chi connectivity index (χ4n) is 0.302. The molecule has 0 fully saturated rings. The van der Waals surface area contributed by atoms with Crippen molar-refractivity contribution in [2.45, 2.75) is 26.4 Å². The van der Waals surface area contributed by atoms with E-state index in [1.165, 1.54) is 0 Å². The van der Waals surface area contributed by atoms with Crippen LogP contribution in [0.3, 0.4) is 0 Å². The van der Waals surface area contributed by atoms with E-state index in [4.69, 9.17) is 6.07 Å². The lowest BCUT2D eigenvalue weighted by Crippen LogP contribution is -2.22. The number of hydrogen-bond acceptors (Lipinski definition) is 2. The van der Waals surface area contributed by atoms with Gasteiger partial charge in [-0.25, -0.2) is 0 Å². The second kappa shape index (κ2) is 2.20. The predicted molar refractivity (Wildman–Crippen MR) is 33.4 cm³/mol. The van der Waals surface area contributed by atoms with E-state index in [1.54, 1.807) is 20.8 Å². The maximum atomic E-state index is 10.4. The van der Waals surface area contributed by atoms with Crippen LogP contribution in [0.2, 0.25) is 0 Å². The minimum atomic E-state index is -0.595. The van der Waals surface area contributed by atoms with Crippen molar-refractivity contribution in [3.05, 3.63) is 0 Å². The first-order chi connectivity index (χ1) is 3.95. The number of hydrogen-bond donors (Lipinski definition) is 0. The molecule has 0 heterocycles. The average Bonchev–Trinajstić information content (AvgIpc) is 1.62. The van der Waals surface area contributed by atoms with Gasteiger partial charge >= 0.3 is 0 Å². The molecule has 0 aliphatic rings. The first-order valence-electron chi connectivity index (χ1n) is 2.98. The molecule has 0 aliphatic heterocycles. The maximum absolute atomic E-state index is 10.4. The quantitative estimate of drug-likeness (QED) is 0.473. The van der Waals surface area contributed by atoms with Gasteiger partial charge in [-0.1, -0.05) is 0 Å². The van der Waals surface area contributed by atoms with Crippen LogP contribution >= 0.6 is 0 Å². The lowest BCUT2D eigenvalue weighted by Gasteiger charge is -2.17. The predicted octanol–water partition coefficient (Wildman–Crippen LogP) is 0.822. The molecule has 0 saturated carbocycles. The summed E-state index contributed by atoms with van der Waals surface area (Å²) in [7, 11) is 0.658. The van der Waals surface area contributed by atoms with E-state index in [-0.39, 0.29) is 0 Å². The van der Waals surface area contributed by atoms with Crippen LogP contribution in [-0.4, -0.2) is 20.6 Å². The zero-order valence-electron chi connectivity index (χ0n) is 6.39. The Morgan fingerprint density at radius 3 is 2.38 bits per heavy atom. The van der Waals surface area contributed by atoms with Crippen LogP contribution in [-0.2, 0) is 4.74 Å². The van der Waals surface area contributed by atoms with Gasteiger partial charge in [-0.15, -0.1) is 0 Å². The molecule has 2 nitrogen and oxygen atoms in total. The van der Waals surface area contributed by atoms with Crippen LogP contribution < -0.4 is 0 Å². The Balaban J connectivity index is 3.60. The fraction of sp³-hybridized carbons (Fsp3) is 0.800. The standard InChI is InChI=1S/C5H10BO2/c1-5(2,3)8-4(6)7/h6H,1-3H3/i6T. The van der Waals surface area contributed by atoms with Crippen LogP contribution in [0.1, 0.15) is 20.8 Å². The van der Waals surface area contributed by atoms with Gasteiger partial charge in [0.05, 0.1) is 0 Å². The first kappa shape index (κ1) is 5.67. The van der Waals surface area contributed by atoms with Crippen LogP contribution in [0.5, 0.6) is 0 Å². The van der Waals surface area contributed by atoms with E-state index in [9.17, 15) is 4.79 Å². The summed E-state index contributed by atoms with van der Waals surface area (Å²) < 4.78 is 11.2. The van der Waals surface area contributed by atoms with Crippen LogP contribution in [0, 0.1) is 0 Å². The van der Waals surface area contributed by atoms with Gasteiger partial charge in [0.1, 0.15) is 5.60 Å². The van der Waals surface area contributed by atoms with Crippen LogP contribution in [0.4, 0.5) is 4.79 Å². The summed E-state index contributed by atoms with van der Waals surface area (Å²) in [6.07, 6.45) is 0. The van der Waals surface area contributed by atoms with E-state index in [1.807, 2.05) is 0 Å². The van der Waals surface area contributed by atoms with E-state index >= 15 is 0 Å². The number of carbonyl (C=O) groups is 1. The molecule has 1 radical (unpaired) electrons. The number of carbonyl (C=O) groups excluding carboxylic acids is 1. The molecule has 0 rings (SSSR count). The highest BCUT2D eigenvalue weighted by Gasteiger charge is 2.11. The Bertz CT molecular complexity index is 108. The van der Waals surface area contributed by atoms with E-state index in [0.717, 1.165) is 0 Å². The van der Waals surface area contributed by atoms with Crippen molar-refractivity contribution >= 4 is 13.7 Å². The summed E-state index contributed by atoms with van der Waals surface area (Å²) in [6, 6.07) is 0. The molecule has 0 aromatic carbocycles. The van der Waals surface area contributed by atoms with Gasteiger partial charge in [-0.2, -0.15) is 0 Å². The molecule has 0 amide bonds. The maximum Gasteiger partial charge on any atom is 0.240 e. The van der Waals surface area contributed by atoms with Crippen molar-refractivity contribution in [3.63, 3.8) is 0 Å². The summed E-state index contributed by atoms with van der Waals surface area (Å²) in [5.74, 6) is -0.595. The Labute approximate surface area is 52.0 Å². The molecule has 0 unspecified atom stereocenters. The van der Waals surface area contributed by atoms with Gasteiger partial charge in [-0.3, -0.25) is 4.79 Å². The zero-order valence-corrected chi connectivity index (χ0v) is 5.39. The second-order valence-electron chi connectivity index (χ2n) is 2.53. The third kappa shape index (κ3) is 5.53. The SMILES string of the molecule is [3H][B]C(=O)OC(C)(C)C. The molecule has 0 N–H and O–H groups in total. The van der Waals surface area contributed by atoms with E-state index in [2.05, 4.69) is 0 Å². The molecule has 0 aromatic heterocycles. The number of rotatable bonds is 1. The highest BCUT2D eigenvalue weighted by atomic mass is 16.5. The van der Waals surface area contributed by atoms with Crippen molar-refractivity contribution in [2.24, 2.45) is 0 Å². The third-order valence-corrected chi connectivity index (χ3v) is 0.407. The Morgan fingerprint density at radius 2 is 2.25 bits per heavy atom. The molecule has 0 aliphatic carbocycles. The molecular formula is C5H10BO2. The van der Waals surface area contributed by atoms with Crippen molar-refractivity contribution in [1.29, 1.82) is 1.34 Å². The lowest BCUT2D eigenvalue weighted by atomic mass is 10.1. The van der Waals surface area contributed by atoms with Gasteiger partial charge in [0.2, 0.25) is 13.7 Å². The van der Waals surface area contributed by atoms with Crippen molar-refractivity contribution in [3.8, 4) is 0 Å². The van der Waals surface area contributed by atoms with Crippen molar-refractivity contribution in [2.75, 3.05) is 0 Å². The molecule has 3 heteroatoms. The van der Waals surface area contributed by atoms with Crippen molar-refractivity contribution in [1.82, 2.24) is 0 Å². The molecule has 0 atom stereocenters. The highest BCUT2D eigenvalue weighted by molar-refractivity contribution is 6.55. The molecule has 0 saturated heterocycles. The summed E-state index contributed by atoms with van der Waals surface area (Å²) in [6.45, 7) is 5.28. The minimum Gasteiger partial charge on any atom is -0.469 e. The van der Waals surface area contributed by atoms with Crippen molar-refractivity contribution < 1.29 is 9.53 Å². The largest absolute Gasteiger partial charge is 0.469 e. The fourth-order valence-corrected chi connectivity index (χ4v) is 0.302. The molecule has 0 aromatic rings. The summed E-state index contributed by atoms with van der Waals surface area (Å²) >= 11 is 0. The van der Waals surface area contributed by atoms with E-state index < -0.39 is 11.5 Å². The highest BCUT2D eigenvalue weighted by Crippen LogP contribution is 2.05. The topological polar surface area (TPSA) is 26.3 Å². The summed E-state index contributed by atoms with van der Waals surface area (Å²) in [4.78, 5) is 10.4. The Kier molecular flexibility index (Phi) is 1.56. The lowest BCUT2D eigenvalue weighted by molar-refractivity contribution is 0.0724. The van der Waals surface area contributed by atoms with Crippen LogP contribution in [0.25, 0.3) is 0 Å². The number of ether oxygens (including phenoxy) is 1. The molecule has 0 spiro atoms. The smallest absolute Gasteiger partial charge is 0.240 e. The normalized spacial score (nSPS) is 12.1. The summed E-state index contributed by atoms with van der Waals surface area (Å²) in [5.41, 5.74) is -0.478. The Morgan fingerprint density at radius 1 is 1.75 bits per heavy atom. The molecule has 0 bridgehead atoms. The van der Waals surface area contributed by atoms with Gasteiger partial charge in [0, 0.05) is 0 Å². The monoisotopic (exact) mass is 115 g/mol. The molecule has 8 heavy (non-hydrogen) atoms. The average molecular weight is 115 g/mol. The van der Waals surface area contributed by atoms with Gasteiger partial charge in [0.15, 0.2) is 0 Å². The molecular weight excluding hydrogens is 103 g/mol. The first-order valence-corrected chi connectivity index (χ1v) is 2.40.